The summed E-state index contributed by atoms with van der Waals surface area (Å²) in [6.45, 7) is 3.07. The van der Waals surface area contributed by atoms with Gasteiger partial charge in [-0.15, -0.1) is 0 Å². The van der Waals surface area contributed by atoms with Crippen LogP contribution in [0.5, 0.6) is 0 Å². The molecule has 15 heteroatoms. The number of carbonyl (C=O) groups excluding carboxylic acids is 1. The van der Waals surface area contributed by atoms with E-state index < -0.39 is 79.4 Å². The number of aromatic nitrogens is 2. The number of benzene rings is 1. The predicted molar refractivity (Wildman–Crippen MR) is 141 cm³/mol. The molecule has 0 spiro atoms. The number of hydrogen-bond acceptors (Lipinski definition) is 6. The van der Waals surface area contributed by atoms with E-state index >= 15 is 0 Å². The van der Waals surface area contributed by atoms with Crippen LogP contribution in [-0.4, -0.2) is 90.2 Å². The van der Waals surface area contributed by atoms with E-state index in [1.807, 2.05) is 0 Å². The van der Waals surface area contributed by atoms with E-state index in [4.69, 9.17) is 0 Å². The van der Waals surface area contributed by atoms with Gasteiger partial charge in [0.1, 0.15) is 12.0 Å². The van der Waals surface area contributed by atoms with Crippen molar-refractivity contribution in [2.75, 3.05) is 19.6 Å². The lowest BCUT2D eigenvalue weighted by molar-refractivity contribution is -0.149. The molecule has 1 aromatic carbocycles. The molecule has 2 atom stereocenters. The Balaban J connectivity index is 1.64. The van der Waals surface area contributed by atoms with Crippen LogP contribution in [0.2, 0.25) is 0 Å². The molecule has 0 aliphatic carbocycles. The Morgan fingerprint density at radius 2 is 1.86 bits per heavy atom. The molecule has 9 nitrogen and oxygen atoms in total. The number of piperidine rings is 1. The predicted octanol–water partition coefficient (Wildman–Crippen LogP) is 4.77. The molecule has 1 aromatic heterocycles. The number of fused-ring (bicyclic) bond motifs is 1. The minimum atomic E-state index is -4.83. The SMILES string of the molecule is CC(C)(C)N(C(=O)O)[C@@H](CC(O)N1CCc2c(nc(-c3cccc(F)c3)nc2C(F)(F)F)C1)CN1CC(F)(F)CCC1=O. The summed E-state index contributed by atoms with van der Waals surface area (Å²) in [7, 11) is 0. The molecule has 1 saturated heterocycles. The fraction of sp³-hybridized carbons (Fsp3) is 0.571. The van der Waals surface area contributed by atoms with Crippen molar-refractivity contribution in [3.63, 3.8) is 0 Å². The molecule has 0 radical (unpaired) electrons. The second-order valence-electron chi connectivity index (χ2n) is 11.9. The van der Waals surface area contributed by atoms with E-state index in [1.54, 1.807) is 20.8 Å². The molecule has 43 heavy (non-hydrogen) atoms. The zero-order valence-corrected chi connectivity index (χ0v) is 23.8. The monoisotopic (exact) mass is 617 g/mol. The van der Waals surface area contributed by atoms with E-state index in [2.05, 4.69) is 9.97 Å². The van der Waals surface area contributed by atoms with Crippen molar-refractivity contribution in [2.45, 2.75) is 82.9 Å². The van der Waals surface area contributed by atoms with E-state index in [9.17, 15) is 46.1 Å². The van der Waals surface area contributed by atoms with E-state index in [-0.39, 0.29) is 48.6 Å². The van der Waals surface area contributed by atoms with Crippen LogP contribution < -0.4 is 0 Å². The van der Waals surface area contributed by atoms with Gasteiger partial charge in [0.15, 0.2) is 11.5 Å². The van der Waals surface area contributed by atoms with Gasteiger partial charge in [0, 0.05) is 55.6 Å². The lowest BCUT2D eigenvalue weighted by Gasteiger charge is -2.44. The van der Waals surface area contributed by atoms with Crippen molar-refractivity contribution >= 4 is 12.0 Å². The highest BCUT2D eigenvalue weighted by Crippen LogP contribution is 2.36. The van der Waals surface area contributed by atoms with E-state index in [1.165, 1.54) is 17.0 Å². The summed E-state index contributed by atoms with van der Waals surface area (Å²) in [4.78, 5) is 36.0. The van der Waals surface area contributed by atoms with Crippen molar-refractivity contribution in [3.05, 3.63) is 47.0 Å². The Kier molecular flexibility index (Phi) is 8.99. The minimum absolute atomic E-state index is 0.0244. The molecule has 1 fully saturated rings. The second-order valence-corrected chi connectivity index (χ2v) is 11.9. The van der Waals surface area contributed by atoms with Gasteiger partial charge >= 0.3 is 12.3 Å². The summed E-state index contributed by atoms with van der Waals surface area (Å²) in [6.07, 6.45) is -9.24. The van der Waals surface area contributed by atoms with Crippen LogP contribution in [0.1, 0.15) is 57.0 Å². The van der Waals surface area contributed by atoms with Gasteiger partial charge in [0.2, 0.25) is 5.91 Å². The first-order chi connectivity index (χ1) is 19.9. The minimum Gasteiger partial charge on any atom is -0.465 e. The summed E-state index contributed by atoms with van der Waals surface area (Å²) < 4.78 is 84.1. The second kappa shape index (κ2) is 11.9. The number of hydrogen-bond donors (Lipinski definition) is 2. The van der Waals surface area contributed by atoms with Crippen LogP contribution in [0, 0.1) is 5.82 Å². The summed E-state index contributed by atoms with van der Waals surface area (Å²) >= 11 is 0. The lowest BCUT2D eigenvalue weighted by Crippen LogP contribution is -2.59. The third-order valence-corrected chi connectivity index (χ3v) is 7.55. The molecule has 2 N–H and O–H groups in total. The number of likely N-dealkylation sites (tertiary alicyclic amines) is 1. The Labute approximate surface area is 244 Å². The third-order valence-electron chi connectivity index (χ3n) is 7.55. The Morgan fingerprint density at radius 1 is 1.16 bits per heavy atom. The van der Waals surface area contributed by atoms with Crippen LogP contribution in [0.15, 0.2) is 24.3 Å². The van der Waals surface area contributed by atoms with Gasteiger partial charge in [-0.05, 0) is 39.3 Å². The number of nitrogens with zero attached hydrogens (tertiary/aromatic N) is 5. The molecule has 3 heterocycles. The third kappa shape index (κ3) is 7.55. The normalized spacial score (nSPS) is 19.1. The average Bonchev–Trinajstić information content (AvgIpc) is 2.88. The van der Waals surface area contributed by atoms with E-state index in [0.717, 1.165) is 21.9 Å². The molecule has 2 aromatic rings. The van der Waals surface area contributed by atoms with Crippen molar-refractivity contribution in [1.29, 1.82) is 0 Å². The molecule has 2 aliphatic rings. The highest BCUT2D eigenvalue weighted by atomic mass is 19.4. The number of aliphatic hydroxyl groups excluding tert-OH is 1. The van der Waals surface area contributed by atoms with Crippen molar-refractivity contribution in [2.24, 2.45) is 0 Å². The van der Waals surface area contributed by atoms with Crippen LogP contribution in [0.3, 0.4) is 0 Å². The summed E-state index contributed by atoms with van der Waals surface area (Å²) in [5, 5.41) is 21.3. The van der Waals surface area contributed by atoms with Gasteiger partial charge < -0.3 is 15.1 Å². The number of aliphatic hydroxyl groups is 1. The van der Waals surface area contributed by atoms with Crippen molar-refractivity contribution in [3.8, 4) is 11.4 Å². The summed E-state index contributed by atoms with van der Waals surface area (Å²) in [5.74, 6) is -4.77. The van der Waals surface area contributed by atoms with Crippen molar-refractivity contribution < 1.29 is 46.1 Å². The number of amides is 2. The largest absolute Gasteiger partial charge is 0.465 e. The maximum atomic E-state index is 14.2. The fourth-order valence-electron chi connectivity index (χ4n) is 5.66. The topological polar surface area (TPSA) is 110 Å². The van der Waals surface area contributed by atoms with Crippen LogP contribution in [0.25, 0.3) is 11.4 Å². The smallest absolute Gasteiger partial charge is 0.433 e. The first-order valence-electron chi connectivity index (χ1n) is 13.7. The summed E-state index contributed by atoms with van der Waals surface area (Å²) in [6, 6.07) is 3.66. The lowest BCUT2D eigenvalue weighted by atomic mass is 9.97. The number of rotatable bonds is 7. The quantitative estimate of drug-likeness (QED) is 0.431. The summed E-state index contributed by atoms with van der Waals surface area (Å²) in [5.41, 5.74) is -2.41. The van der Waals surface area contributed by atoms with E-state index in [0.29, 0.717) is 0 Å². The van der Waals surface area contributed by atoms with Crippen LogP contribution in [0.4, 0.5) is 31.1 Å². The van der Waals surface area contributed by atoms with Gasteiger partial charge in [0.05, 0.1) is 18.3 Å². The molecular formula is C28H33F6N5O4. The highest BCUT2D eigenvalue weighted by Gasteiger charge is 2.44. The molecule has 0 bridgehead atoms. The number of alkyl halides is 5. The standard InChI is InChI=1S/C28H33F6N5O4/c1-26(2,3)39(25(42)43)18(13-38-15-27(30,31)9-7-21(38)40)12-22(41)37-10-8-19-20(14-37)35-24(36-23(19)28(32,33)34)16-5-4-6-17(29)11-16/h4-6,11,18,22,41H,7-10,12-15H2,1-3H3,(H,42,43)/t18-,22?/m0/s1. The van der Waals surface area contributed by atoms with Crippen molar-refractivity contribution in [1.82, 2.24) is 24.7 Å². The zero-order valence-electron chi connectivity index (χ0n) is 23.8. The van der Waals surface area contributed by atoms with Gasteiger partial charge in [-0.2, -0.15) is 13.2 Å². The Hall–Kier alpha value is -3.46. The molecule has 1 unspecified atom stereocenters. The Morgan fingerprint density at radius 3 is 2.47 bits per heavy atom. The van der Waals surface area contributed by atoms with Gasteiger partial charge in [-0.25, -0.2) is 27.9 Å². The first-order valence-corrected chi connectivity index (χ1v) is 13.7. The number of halogens is 6. The maximum Gasteiger partial charge on any atom is 0.433 e. The van der Waals surface area contributed by atoms with Gasteiger partial charge in [-0.1, -0.05) is 12.1 Å². The number of carboxylic acid groups (broad SMARTS) is 1. The molecule has 4 rings (SSSR count). The van der Waals surface area contributed by atoms with Gasteiger partial charge in [-0.3, -0.25) is 14.6 Å². The molecular weight excluding hydrogens is 584 g/mol. The Bertz CT molecular complexity index is 1370. The first kappa shape index (κ1) is 32.5. The van der Waals surface area contributed by atoms with Crippen LogP contribution >= 0.6 is 0 Å². The zero-order chi connectivity index (χ0) is 31.9. The van der Waals surface area contributed by atoms with Crippen LogP contribution in [-0.2, 0) is 23.9 Å². The fourth-order valence-corrected chi connectivity index (χ4v) is 5.66. The molecule has 2 amide bonds. The molecule has 2 aliphatic heterocycles. The maximum absolute atomic E-state index is 14.2. The highest BCUT2D eigenvalue weighted by molar-refractivity contribution is 5.77. The van der Waals surface area contributed by atoms with Gasteiger partial charge in [0.25, 0.3) is 5.92 Å². The number of carbonyl (C=O) groups is 2. The molecule has 0 saturated carbocycles. The average molecular weight is 618 g/mol. The molecule has 236 valence electrons.